The molecule has 1 amide bonds. The van der Waals surface area contributed by atoms with Gasteiger partial charge in [0, 0.05) is 26.1 Å². The Morgan fingerprint density at radius 1 is 1.00 bits per heavy atom. The fraction of sp³-hybridized carbons (Fsp3) is 0.594. The highest BCUT2D eigenvalue weighted by molar-refractivity contribution is 5.73. The first-order valence-corrected chi connectivity index (χ1v) is 14.5. The lowest BCUT2D eigenvalue weighted by molar-refractivity contribution is -0.121. The molecule has 1 saturated carbocycles. The van der Waals surface area contributed by atoms with E-state index in [1.807, 2.05) is 0 Å². The van der Waals surface area contributed by atoms with E-state index < -0.39 is 24.2 Å². The molecule has 8 heteroatoms. The molecule has 40 heavy (non-hydrogen) atoms. The minimum Gasteiger partial charge on any atom is -0.491 e. The Kier molecular flexibility index (Phi) is 12.8. The summed E-state index contributed by atoms with van der Waals surface area (Å²) in [7, 11) is 1.61. The van der Waals surface area contributed by atoms with E-state index in [2.05, 4.69) is 48.7 Å². The van der Waals surface area contributed by atoms with Crippen molar-refractivity contribution in [3.05, 3.63) is 65.2 Å². The number of hydrogen-bond donors (Lipinski definition) is 3. The Morgan fingerprint density at radius 3 is 2.40 bits per heavy atom. The Bertz CT molecular complexity index is 1040. The molecule has 0 radical (unpaired) electrons. The van der Waals surface area contributed by atoms with Gasteiger partial charge in [-0.25, -0.2) is 4.39 Å². The summed E-state index contributed by atoms with van der Waals surface area (Å²) in [4.78, 5) is 12.0. The van der Waals surface area contributed by atoms with Crippen LogP contribution in [0.1, 0.15) is 81.7 Å². The molecule has 0 aliphatic heterocycles. The fourth-order valence-electron chi connectivity index (χ4n) is 5.39. The highest BCUT2D eigenvalue weighted by atomic mass is 19.1. The van der Waals surface area contributed by atoms with E-state index in [1.54, 1.807) is 31.4 Å². The number of methoxy groups -OCH3 is 1. The second kappa shape index (κ2) is 16.1. The second-order valence-electron chi connectivity index (χ2n) is 11.0. The summed E-state index contributed by atoms with van der Waals surface area (Å²) in [6, 6.07) is 14.2. The minimum atomic E-state index is -1.63. The summed E-state index contributed by atoms with van der Waals surface area (Å²) in [5, 5.41) is 17.5. The molecule has 0 spiro atoms. The van der Waals surface area contributed by atoms with Gasteiger partial charge in [-0.05, 0) is 47.6 Å². The number of carbonyl (C=O) groups is 1. The molecule has 0 saturated heterocycles. The van der Waals surface area contributed by atoms with Gasteiger partial charge in [0.1, 0.15) is 18.5 Å². The predicted octanol–water partition coefficient (Wildman–Crippen LogP) is 5.18. The molecule has 1 aliphatic rings. The number of hydrogen-bond acceptors (Lipinski definition) is 6. The third-order valence-corrected chi connectivity index (χ3v) is 7.67. The molecule has 0 bridgehead atoms. The average molecular weight is 559 g/mol. The van der Waals surface area contributed by atoms with Gasteiger partial charge in [-0.15, -0.1) is 0 Å². The smallest absolute Gasteiger partial charge is 0.217 e. The first kappa shape index (κ1) is 32.0. The Morgan fingerprint density at radius 2 is 1.70 bits per heavy atom. The standard InChI is InChI=1S/C32H47FN2O5/c1-23(2)25-10-8-12-27(20-25)32(14-6-5-7-15-32)34-22-29(37)31(35-24(3)36)30(33)26-11-9-13-28(21-26)40-19-18-39-17-16-38-4/h8-13,20-21,23,29-31,34,37H,5-7,14-19,22H2,1-4H3,(H,35,36)/t29-,30+,31+/m1/s1. The van der Waals surface area contributed by atoms with Crippen molar-refractivity contribution in [2.45, 2.75) is 82.6 Å². The summed E-state index contributed by atoms with van der Waals surface area (Å²) < 4.78 is 32.0. The maximum atomic E-state index is 15.9. The number of alkyl halides is 1. The van der Waals surface area contributed by atoms with Crippen molar-refractivity contribution in [3.63, 3.8) is 0 Å². The van der Waals surface area contributed by atoms with Crippen molar-refractivity contribution < 1.29 is 28.5 Å². The van der Waals surface area contributed by atoms with Crippen molar-refractivity contribution in [1.82, 2.24) is 10.6 Å². The van der Waals surface area contributed by atoms with Crippen molar-refractivity contribution in [2.75, 3.05) is 40.1 Å². The molecule has 7 nitrogen and oxygen atoms in total. The van der Waals surface area contributed by atoms with Crippen LogP contribution in [0.25, 0.3) is 0 Å². The first-order valence-electron chi connectivity index (χ1n) is 14.5. The summed E-state index contributed by atoms with van der Waals surface area (Å²) >= 11 is 0. The topological polar surface area (TPSA) is 89.0 Å². The number of aliphatic hydroxyl groups excluding tert-OH is 1. The lowest BCUT2D eigenvalue weighted by atomic mass is 9.75. The number of nitrogens with one attached hydrogen (secondary N) is 2. The number of carbonyl (C=O) groups excluding carboxylic acids is 1. The number of rotatable bonds is 16. The second-order valence-corrected chi connectivity index (χ2v) is 11.0. The van der Waals surface area contributed by atoms with E-state index in [0.29, 0.717) is 43.7 Å². The Hall–Kier alpha value is -2.52. The predicted molar refractivity (Wildman–Crippen MR) is 155 cm³/mol. The summed E-state index contributed by atoms with van der Waals surface area (Å²) in [6.45, 7) is 7.52. The van der Waals surface area contributed by atoms with E-state index in [0.717, 1.165) is 25.7 Å². The lowest BCUT2D eigenvalue weighted by Crippen LogP contribution is -2.53. The van der Waals surface area contributed by atoms with Gasteiger partial charge >= 0.3 is 0 Å². The van der Waals surface area contributed by atoms with Crippen molar-refractivity contribution in [3.8, 4) is 5.75 Å². The van der Waals surface area contributed by atoms with Crippen LogP contribution in [0.4, 0.5) is 4.39 Å². The number of benzene rings is 2. The van der Waals surface area contributed by atoms with Crippen molar-refractivity contribution in [1.29, 1.82) is 0 Å². The SMILES string of the molecule is COCCOCCOc1cccc([C@H](F)[C@@H](NC(C)=O)[C@H](O)CNC2(c3cccc(C(C)C)c3)CCCCC2)c1. The molecule has 0 heterocycles. The molecule has 2 aromatic rings. The van der Waals surface area contributed by atoms with E-state index >= 15 is 4.39 Å². The number of aliphatic hydroxyl groups is 1. The van der Waals surface area contributed by atoms with Crippen LogP contribution in [0.3, 0.4) is 0 Å². The third kappa shape index (κ3) is 9.26. The van der Waals surface area contributed by atoms with E-state index in [9.17, 15) is 9.90 Å². The summed E-state index contributed by atoms with van der Waals surface area (Å²) in [5.74, 6) is 0.505. The van der Waals surface area contributed by atoms with Gasteiger partial charge in [0.05, 0.1) is 32.0 Å². The van der Waals surface area contributed by atoms with Crippen LogP contribution < -0.4 is 15.4 Å². The first-order chi connectivity index (χ1) is 19.3. The Balaban J connectivity index is 1.71. The average Bonchev–Trinajstić information content (AvgIpc) is 2.96. The highest BCUT2D eigenvalue weighted by Gasteiger charge is 2.37. The molecule has 3 N–H and O–H groups in total. The van der Waals surface area contributed by atoms with Gasteiger partial charge in [0.15, 0.2) is 0 Å². The zero-order valence-corrected chi connectivity index (χ0v) is 24.5. The normalized spacial score (nSPS) is 17.3. The molecule has 1 aliphatic carbocycles. The quantitative estimate of drug-likeness (QED) is 0.246. The molecule has 222 valence electrons. The molecule has 2 aromatic carbocycles. The van der Waals surface area contributed by atoms with Gasteiger partial charge in [0.2, 0.25) is 5.91 Å². The molecule has 1 fully saturated rings. The molecule has 3 rings (SSSR count). The van der Waals surface area contributed by atoms with Crippen LogP contribution in [0.5, 0.6) is 5.75 Å². The largest absolute Gasteiger partial charge is 0.491 e. The zero-order chi connectivity index (χ0) is 29.0. The highest BCUT2D eigenvalue weighted by Crippen LogP contribution is 2.38. The van der Waals surface area contributed by atoms with Gasteiger partial charge in [-0.2, -0.15) is 0 Å². The van der Waals surface area contributed by atoms with Crippen LogP contribution >= 0.6 is 0 Å². The van der Waals surface area contributed by atoms with Gasteiger partial charge in [-0.3, -0.25) is 4.79 Å². The fourth-order valence-corrected chi connectivity index (χ4v) is 5.39. The van der Waals surface area contributed by atoms with Crippen LogP contribution in [0, 0.1) is 0 Å². The van der Waals surface area contributed by atoms with Crippen LogP contribution in [-0.4, -0.2) is 63.2 Å². The molecular formula is C32H47FN2O5. The minimum absolute atomic E-state index is 0.145. The molecule has 0 unspecified atom stereocenters. The Labute approximate surface area is 238 Å². The zero-order valence-electron chi connectivity index (χ0n) is 24.5. The number of amides is 1. The monoisotopic (exact) mass is 558 g/mol. The lowest BCUT2D eigenvalue weighted by Gasteiger charge is -2.41. The van der Waals surface area contributed by atoms with Gasteiger partial charge in [-0.1, -0.05) is 69.5 Å². The summed E-state index contributed by atoms with van der Waals surface area (Å²) in [5.41, 5.74) is 2.51. The van der Waals surface area contributed by atoms with Crippen LogP contribution in [-0.2, 0) is 19.8 Å². The van der Waals surface area contributed by atoms with Crippen molar-refractivity contribution >= 4 is 5.91 Å². The summed E-state index contributed by atoms with van der Waals surface area (Å²) in [6.07, 6.45) is 2.45. The molecular weight excluding hydrogens is 511 g/mol. The van der Waals surface area contributed by atoms with Crippen molar-refractivity contribution in [2.24, 2.45) is 0 Å². The maximum Gasteiger partial charge on any atom is 0.217 e. The van der Waals surface area contributed by atoms with Gasteiger partial charge in [0.25, 0.3) is 0 Å². The van der Waals surface area contributed by atoms with E-state index in [-0.39, 0.29) is 12.1 Å². The molecule has 3 atom stereocenters. The number of ether oxygens (including phenoxy) is 3. The number of halogens is 1. The van der Waals surface area contributed by atoms with Crippen LogP contribution in [0.15, 0.2) is 48.5 Å². The third-order valence-electron chi connectivity index (χ3n) is 7.67. The van der Waals surface area contributed by atoms with Crippen LogP contribution in [0.2, 0.25) is 0 Å². The maximum absolute atomic E-state index is 15.9. The van der Waals surface area contributed by atoms with E-state index in [1.165, 1.54) is 24.5 Å². The molecule has 0 aromatic heterocycles. The van der Waals surface area contributed by atoms with E-state index in [4.69, 9.17) is 14.2 Å². The van der Waals surface area contributed by atoms with Gasteiger partial charge < -0.3 is 30.0 Å².